The summed E-state index contributed by atoms with van der Waals surface area (Å²) in [7, 11) is 0. The molecular formula is C14H21N3O3. The molecule has 0 aliphatic carbocycles. The molecule has 1 rings (SSSR count). The number of benzene rings is 1. The predicted octanol–water partition coefficient (Wildman–Crippen LogP) is 1.32. The number of carbonyl (C=O) groups is 2. The molecule has 0 bridgehead atoms. The van der Waals surface area contributed by atoms with Crippen molar-refractivity contribution in [2.75, 3.05) is 23.7 Å². The van der Waals surface area contributed by atoms with E-state index in [1.807, 2.05) is 20.8 Å². The van der Waals surface area contributed by atoms with E-state index in [9.17, 15) is 14.7 Å². The molecule has 0 atom stereocenters. The van der Waals surface area contributed by atoms with Crippen LogP contribution in [0.15, 0.2) is 18.2 Å². The highest BCUT2D eigenvalue weighted by Gasteiger charge is 2.17. The molecule has 0 aliphatic heterocycles. The minimum absolute atomic E-state index is 0.0477. The number of nitrogens with two attached hydrogens (primary N) is 1. The Kier molecular flexibility index (Phi) is 5.37. The van der Waals surface area contributed by atoms with Gasteiger partial charge in [0, 0.05) is 18.3 Å². The zero-order valence-corrected chi connectivity index (χ0v) is 12.0. The number of carbonyl (C=O) groups excluding carboxylic acids is 1. The maximum Gasteiger partial charge on any atom is 0.337 e. The van der Waals surface area contributed by atoms with E-state index in [2.05, 4.69) is 5.32 Å². The molecule has 0 heterocycles. The molecule has 1 amide bonds. The second-order valence-electron chi connectivity index (χ2n) is 4.82. The lowest BCUT2D eigenvalue weighted by Crippen LogP contribution is -2.40. The van der Waals surface area contributed by atoms with Crippen molar-refractivity contribution < 1.29 is 14.7 Å². The molecule has 0 saturated heterocycles. The first kappa shape index (κ1) is 15.8. The van der Waals surface area contributed by atoms with Gasteiger partial charge >= 0.3 is 5.97 Å². The minimum Gasteiger partial charge on any atom is -0.478 e. The summed E-state index contributed by atoms with van der Waals surface area (Å²) in [5.41, 5.74) is 6.59. The summed E-state index contributed by atoms with van der Waals surface area (Å²) >= 11 is 0. The lowest BCUT2D eigenvalue weighted by atomic mass is 10.1. The second kappa shape index (κ2) is 6.79. The number of nitrogen functional groups attached to an aromatic ring is 1. The zero-order chi connectivity index (χ0) is 15.3. The largest absolute Gasteiger partial charge is 0.478 e. The number of rotatable bonds is 6. The van der Waals surface area contributed by atoms with Crippen molar-refractivity contribution >= 4 is 23.3 Å². The first-order valence-electron chi connectivity index (χ1n) is 6.52. The normalized spacial score (nSPS) is 10.4. The van der Waals surface area contributed by atoms with Crippen LogP contribution in [0.25, 0.3) is 0 Å². The molecule has 6 heteroatoms. The standard InChI is InChI=1S/C14H21N3O3/c1-4-17(8-13(18)16-9(2)3)12-6-5-10(15)7-11(12)14(19)20/h5-7,9H,4,8,15H2,1-3H3,(H,16,18)(H,19,20). The molecule has 0 fully saturated rings. The molecule has 6 nitrogen and oxygen atoms in total. The number of nitrogens with one attached hydrogen (secondary N) is 1. The second-order valence-corrected chi connectivity index (χ2v) is 4.82. The van der Waals surface area contributed by atoms with Crippen LogP contribution in [0.1, 0.15) is 31.1 Å². The lowest BCUT2D eigenvalue weighted by molar-refractivity contribution is -0.120. The predicted molar refractivity (Wildman–Crippen MR) is 79.0 cm³/mol. The van der Waals surface area contributed by atoms with Crippen LogP contribution in [0.3, 0.4) is 0 Å². The summed E-state index contributed by atoms with van der Waals surface area (Å²) in [4.78, 5) is 24.8. The fourth-order valence-corrected chi connectivity index (χ4v) is 1.91. The summed E-state index contributed by atoms with van der Waals surface area (Å²) < 4.78 is 0. The first-order chi connectivity index (χ1) is 9.35. The van der Waals surface area contributed by atoms with Crippen molar-refractivity contribution in [3.8, 4) is 0 Å². The van der Waals surface area contributed by atoms with Crippen LogP contribution >= 0.6 is 0 Å². The van der Waals surface area contributed by atoms with Gasteiger partial charge in [-0.25, -0.2) is 4.79 Å². The molecule has 0 spiro atoms. The summed E-state index contributed by atoms with van der Waals surface area (Å²) in [6.07, 6.45) is 0. The number of carboxylic acids is 1. The van der Waals surface area contributed by atoms with Crippen LogP contribution in [-0.4, -0.2) is 36.1 Å². The molecule has 20 heavy (non-hydrogen) atoms. The van der Waals surface area contributed by atoms with Crippen LogP contribution in [0, 0.1) is 0 Å². The van der Waals surface area contributed by atoms with E-state index in [4.69, 9.17) is 5.73 Å². The van der Waals surface area contributed by atoms with E-state index in [1.165, 1.54) is 6.07 Å². The maximum absolute atomic E-state index is 11.8. The number of nitrogens with zero attached hydrogens (tertiary/aromatic N) is 1. The number of aromatic carboxylic acids is 1. The van der Waals surface area contributed by atoms with Gasteiger partial charge in [-0.3, -0.25) is 4.79 Å². The van der Waals surface area contributed by atoms with Crippen molar-refractivity contribution in [3.05, 3.63) is 23.8 Å². The zero-order valence-electron chi connectivity index (χ0n) is 12.0. The fourth-order valence-electron chi connectivity index (χ4n) is 1.91. The Morgan fingerprint density at radius 1 is 1.40 bits per heavy atom. The van der Waals surface area contributed by atoms with Crippen LogP contribution in [0.5, 0.6) is 0 Å². The maximum atomic E-state index is 11.8. The number of anilines is 2. The summed E-state index contributed by atoms with van der Waals surface area (Å²) in [6, 6.07) is 4.71. The third kappa shape index (κ3) is 4.15. The molecule has 1 aromatic carbocycles. The molecule has 0 radical (unpaired) electrons. The van der Waals surface area contributed by atoms with Gasteiger partial charge in [0.15, 0.2) is 0 Å². The van der Waals surface area contributed by atoms with Crippen molar-refractivity contribution in [1.29, 1.82) is 0 Å². The minimum atomic E-state index is -1.06. The molecule has 0 saturated carbocycles. The van der Waals surface area contributed by atoms with Crippen LogP contribution < -0.4 is 16.0 Å². The Morgan fingerprint density at radius 2 is 2.05 bits per heavy atom. The topological polar surface area (TPSA) is 95.7 Å². The molecular weight excluding hydrogens is 258 g/mol. The number of hydrogen-bond acceptors (Lipinski definition) is 4. The van der Waals surface area contributed by atoms with E-state index < -0.39 is 5.97 Å². The molecule has 0 aliphatic rings. The van der Waals surface area contributed by atoms with Crippen molar-refractivity contribution in [3.63, 3.8) is 0 Å². The van der Waals surface area contributed by atoms with E-state index in [-0.39, 0.29) is 24.1 Å². The van der Waals surface area contributed by atoms with Crippen molar-refractivity contribution in [2.24, 2.45) is 0 Å². The van der Waals surface area contributed by atoms with Gasteiger partial charge in [0.25, 0.3) is 0 Å². The summed E-state index contributed by atoms with van der Waals surface area (Å²) in [5, 5.41) is 12.0. The highest BCUT2D eigenvalue weighted by molar-refractivity contribution is 5.96. The molecule has 4 N–H and O–H groups in total. The van der Waals surface area contributed by atoms with E-state index in [0.29, 0.717) is 17.9 Å². The van der Waals surface area contributed by atoms with Gasteiger partial charge in [0.2, 0.25) is 5.91 Å². The van der Waals surface area contributed by atoms with Crippen LogP contribution in [0.2, 0.25) is 0 Å². The molecule has 0 aromatic heterocycles. The Balaban J connectivity index is 3.00. The van der Waals surface area contributed by atoms with Gasteiger partial charge in [-0.15, -0.1) is 0 Å². The quantitative estimate of drug-likeness (QED) is 0.682. The number of hydrogen-bond donors (Lipinski definition) is 3. The molecule has 0 unspecified atom stereocenters. The first-order valence-corrected chi connectivity index (χ1v) is 6.52. The van der Waals surface area contributed by atoms with Crippen molar-refractivity contribution in [2.45, 2.75) is 26.8 Å². The number of likely N-dealkylation sites (N-methyl/N-ethyl adjacent to an activating group) is 1. The summed E-state index contributed by atoms with van der Waals surface area (Å²) in [6.45, 7) is 6.25. The number of amides is 1. The Hall–Kier alpha value is -2.24. The van der Waals surface area contributed by atoms with Gasteiger partial charge < -0.3 is 21.1 Å². The Morgan fingerprint density at radius 3 is 2.55 bits per heavy atom. The van der Waals surface area contributed by atoms with Gasteiger partial charge in [-0.1, -0.05) is 0 Å². The van der Waals surface area contributed by atoms with Gasteiger partial charge in [-0.2, -0.15) is 0 Å². The van der Waals surface area contributed by atoms with E-state index in [1.54, 1.807) is 17.0 Å². The lowest BCUT2D eigenvalue weighted by Gasteiger charge is -2.24. The van der Waals surface area contributed by atoms with Crippen LogP contribution in [0.4, 0.5) is 11.4 Å². The Labute approximate surface area is 118 Å². The SMILES string of the molecule is CCN(CC(=O)NC(C)C)c1ccc(N)cc1C(=O)O. The van der Waals surface area contributed by atoms with Gasteiger partial charge in [0.1, 0.15) is 0 Å². The van der Waals surface area contributed by atoms with Gasteiger partial charge in [-0.05, 0) is 39.0 Å². The molecule has 1 aromatic rings. The van der Waals surface area contributed by atoms with E-state index >= 15 is 0 Å². The van der Waals surface area contributed by atoms with Gasteiger partial charge in [0.05, 0.1) is 17.8 Å². The number of carboxylic acid groups (broad SMARTS) is 1. The average molecular weight is 279 g/mol. The highest BCUT2D eigenvalue weighted by Crippen LogP contribution is 2.23. The Bertz CT molecular complexity index is 500. The molecule has 110 valence electrons. The monoisotopic (exact) mass is 279 g/mol. The average Bonchev–Trinajstić information content (AvgIpc) is 2.35. The highest BCUT2D eigenvalue weighted by atomic mass is 16.4. The third-order valence-corrected chi connectivity index (χ3v) is 2.76. The van der Waals surface area contributed by atoms with Crippen molar-refractivity contribution in [1.82, 2.24) is 5.32 Å². The smallest absolute Gasteiger partial charge is 0.337 e. The third-order valence-electron chi connectivity index (χ3n) is 2.76. The van der Waals surface area contributed by atoms with E-state index in [0.717, 1.165) is 0 Å². The fraction of sp³-hybridized carbons (Fsp3) is 0.429. The summed E-state index contributed by atoms with van der Waals surface area (Å²) in [5.74, 6) is -1.20. The van der Waals surface area contributed by atoms with Crippen LogP contribution in [-0.2, 0) is 4.79 Å².